The molecule has 154 valence electrons. The van der Waals surface area contributed by atoms with Crippen LogP contribution in [0, 0.1) is 6.92 Å². The maximum absolute atomic E-state index is 10.4. The number of rotatable bonds is 4. The van der Waals surface area contributed by atoms with Gasteiger partial charge < -0.3 is 24.8 Å². The number of carbonyl (C=O) groups excluding carboxylic acids is 3. The van der Waals surface area contributed by atoms with Gasteiger partial charge >= 0.3 is 18.2 Å². The maximum Gasteiger partial charge on any atom is 0.406 e. The number of hydrogen-bond acceptors (Lipinski definition) is 6. The third kappa shape index (κ3) is 25.2. The van der Waals surface area contributed by atoms with Crippen molar-refractivity contribution in [2.45, 2.75) is 6.92 Å². The van der Waals surface area contributed by atoms with Crippen LogP contribution in [-0.4, -0.2) is 52.6 Å². The molecule has 0 aliphatic rings. The van der Waals surface area contributed by atoms with Crippen molar-refractivity contribution in [2.75, 3.05) is 34.4 Å². The van der Waals surface area contributed by atoms with Crippen LogP contribution in [0.15, 0.2) is 43.0 Å². The minimum Gasteiger partial charge on any atom is -0.459 e. The predicted molar refractivity (Wildman–Crippen MR) is 96.4 cm³/mol. The number of ether oxygens (including phenoxy) is 3. The molecule has 0 aliphatic carbocycles. The Bertz CT molecular complexity index is 509. The summed E-state index contributed by atoms with van der Waals surface area (Å²) in [6.07, 6.45) is 0.0829. The Labute approximate surface area is 157 Å². The molecule has 0 aromatic heterocycles. The van der Waals surface area contributed by atoms with Gasteiger partial charge in [0.05, 0.1) is 7.11 Å². The molecule has 8 nitrogen and oxygen atoms in total. The van der Waals surface area contributed by atoms with Gasteiger partial charge in [-0.1, -0.05) is 42.5 Å². The highest BCUT2D eigenvalue weighted by Gasteiger charge is 1.98. The fourth-order valence-electron chi connectivity index (χ4n) is 1.04. The molecule has 0 saturated heterocycles. The number of amides is 2. The van der Waals surface area contributed by atoms with Crippen molar-refractivity contribution in [2.24, 2.45) is 0 Å². The second-order valence-corrected chi connectivity index (χ2v) is 4.15. The second-order valence-electron chi connectivity index (χ2n) is 4.15. The topological polar surface area (TPSA) is 103 Å². The zero-order valence-electron chi connectivity index (χ0n) is 15.8. The second kappa shape index (κ2) is 22.8. The molecule has 0 fully saturated rings. The van der Waals surface area contributed by atoms with Crippen molar-refractivity contribution >= 4 is 18.2 Å². The molecule has 0 bridgehead atoms. The Morgan fingerprint density at radius 3 is 1.78 bits per heavy atom. The molecule has 0 atom stereocenters. The molecule has 10 heteroatoms. The molecule has 0 unspecified atom stereocenters. The number of halogens is 2. The average Bonchev–Trinajstić information content (AvgIpc) is 2.73. The minimum atomic E-state index is -0.551. The lowest BCUT2D eigenvalue weighted by molar-refractivity contribution is -0.138. The molecule has 0 saturated carbocycles. The van der Waals surface area contributed by atoms with E-state index in [0.29, 0.717) is 0 Å². The van der Waals surface area contributed by atoms with Crippen molar-refractivity contribution in [3.05, 3.63) is 48.6 Å². The molecule has 0 aliphatic heterocycles. The van der Waals surface area contributed by atoms with Crippen molar-refractivity contribution in [3.63, 3.8) is 0 Å². The standard InChI is InChI=1S/C7H11NO4.C7H8.C3H7NO2.F2/c1-3-6(9)11-4-5-12-7(10)8-2;1-7-5-3-2-4-6-7;1-4-3(5)6-2;1-2/h3H,1,4-5H2,2H3,(H,8,10);2-6H,1H3;1-2H3,(H,4,5);. The van der Waals surface area contributed by atoms with Gasteiger partial charge in [0.25, 0.3) is 0 Å². The van der Waals surface area contributed by atoms with Crippen molar-refractivity contribution in [3.8, 4) is 0 Å². The summed E-state index contributed by atoms with van der Waals surface area (Å²) >= 11 is 0. The lowest BCUT2D eigenvalue weighted by Gasteiger charge is -2.03. The first-order valence-corrected chi connectivity index (χ1v) is 7.46. The van der Waals surface area contributed by atoms with Crippen LogP contribution < -0.4 is 10.6 Å². The van der Waals surface area contributed by atoms with Gasteiger partial charge in [0.2, 0.25) is 0 Å². The number of alkyl carbamates (subject to hydrolysis) is 2. The summed E-state index contributed by atoms with van der Waals surface area (Å²) in [4.78, 5) is 30.7. The summed E-state index contributed by atoms with van der Waals surface area (Å²) in [7, 11) is 4.27. The van der Waals surface area contributed by atoms with E-state index in [0.717, 1.165) is 6.08 Å². The molecular formula is C17H26F2N2O6. The van der Waals surface area contributed by atoms with Crippen LogP contribution in [0.5, 0.6) is 0 Å². The normalized spacial score (nSPS) is 7.78. The zero-order chi connectivity index (χ0) is 21.5. The minimum absolute atomic E-state index is 0.0400. The maximum atomic E-state index is 10.4. The monoisotopic (exact) mass is 392 g/mol. The Balaban J connectivity index is -0.000000327. The Hall–Kier alpha value is -3.17. The highest BCUT2D eigenvalue weighted by Crippen LogP contribution is 1.92. The molecule has 2 N–H and O–H groups in total. The van der Waals surface area contributed by atoms with Crippen LogP contribution in [-0.2, 0) is 19.0 Å². The Morgan fingerprint density at radius 2 is 1.48 bits per heavy atom. The van der Waals surface area contributed by atoms with E-state index in [1.807, 2.05) is 18.2 Å². The van der Waals surface area contributed by atoms with Gasteiger partial charge in [0.1, 0.15) is 13.2 Å². The summed E-state index contributed by atoms with van der Waals surface area (Å²) < 4.78 is 29.2. The molecule has 27 heavy (non-hydrogen) atoms. The lowest BCUT2D eigenvalue weighted by atomic mass is 10.2. The third-order valence-electron chi connectivity index (χ3n) is 2.26. The van der Waals surface area contributed by atoms with E-state index in [1.54, 1.807) is 0 Å². The van der Waals surface area contributed by atoms with Gasteiger partial charge in [-0.25, -0.2) is 14.4 Å². The van der Waals surface area contributed by atoms with Crippen LogP contribution in [0.4, 0.5) is 18.7 Å². The van der Waals surface area contributed by atoms with Crippen LogP contribution in [0.3, 0.4) is 0 Å². The molecule has 0 heterocycles. The predicted octanol–water partition coefficient (Wildman–Crippen LogP) is 2.88. The first-order chi connectivity index (χ1) is 12.9. The van der Waals surface area contributed by atoms with E-state index in [-0.39, 0.29) is 13.2 Å². The van der Waals surface area contributed by atoms with Crippen molar-refractivity contribution < 1.29 is 37.7 Å². The summed E-state index contributed by atoms with van der Waals surface area (Å²) in [5, 5.41) is 4.50. The molecular weight excluding hydrogens is 366 g/mol. The molecule has 0 spiro atoms. The number of esters is 1. The number of methoxy groups -OCH3 is 1. The highest BCUT2D eigenvalue weighted by molar-refractivity contribution is 5.81. The molecule has 0 radical (unpaired) electrons. The van der Waals surface area contributed by atoms with Crippen LogP contribution in [0.2, 0.25) is 0 Å². The Morgan fingerprint density at radius 1 is 1.00 bits per heavy atom. The van der Waals surface area contributed by atoms with Gasteiger partial charge in [-0.05, 0) is 6.92 Å². The third-order valence-corrected chi connectivity index (χ3v) is 2.26. The van der Waals surface area contributed by atoms with Gasteiger partial charge in [0.15, 0.2) is 0 Å². The Kier molecular flexibility index (Phi) is 24.2. The number of nitrogens with one attached hydrogen (secondary N) is 2. The molecule has 1 aromatic carbocycles. The van der Waals surface area contributed by atoms with E-state index < -0.39 is 18.2 Å². The lowest BCUT2D eigenvalue weighted by Crippen LogP contribution is -2.21. The van der Waals surface area contributed by atoms with Crippen LogP contribution >= 0.6 is 0 Å². The first-order valence-electron chi connectivity index (χ1n) is 7.46. The van der Waals surface area contributed by atoms with E-state index in [1.165, 1.54) is 26.8 Å². The summed E-state index contributed by atoms with van der Waals surface area (Å²) in [5.74, 6) is -0.532. The van der Waals surface area contributed by atoms with E-state index >= 15 is 0 Å². The smallest absolute Gasteiger partial charge is 0.406 e. The molecule has 1 aromatic rings. The number of carbonyl (C=O) groups is 3. The summed E-state index contributed by atoms with van der Waals surface area (Å²) in [5.41, 5.74) is 1.32. The van der Waals surface area contributed by atoms with Gasteiger partial charge in [0, 0.05) is 29.3 Å². The first kappa shape index (κ1) is 28.6. The summed E-state index contributed by atoms with van der Waals surface area (Å²) in [6, 6.07) is 10.3. The summed E-state index contributed by atoms with van der Waals surface area (Å²) in [6.45, 7) is 5.36. The number of aryl methyl sites for hydroxylation is 1. The molecule has 2 amide bonds. The van der Waals surface area contributed by atoms with E-state index in [2.05, 4.69) is 50.5 Å². The fourth-order valence-corrected chi connectivity index (χ4v) is 1.04. The van der Waals surface area contributed by atoms with Crippen LogP contribution in [0.25, 0.3) is 0 Å². The van der Waals surface area contributed by atoms with Crippen LogP contribution in [0.1, 0.15) is 5.56 Å². The zero-order valence-corrected chi connectivity index (χ0v) is 15.8. The SMILES string of the molecule is C=CC(=O)OCCOC(=O)NC.CNC(=O)OC.Cc1ccccc1.FF. The largest absolute Gasteiger partial charge is 0.459 e. The van der Waals surface area contributed by atoms with Crippen molar-refractivity contribution in [1.29, 1.82) is 0 Å². The fraction of sp³-hybridized carbons (Fsp3) is 0.353. The van der Waals surface area contributed by atoms with Gasteiger partial charge in [-0.15, -0.1) is 0 Å². The average molecular weight is 392 g/mol. The van der Waals surface area contributed by atoms with Crippen molar-refractivity contribution in [1.82, 2.24) is 10.6 Å². The van der Waals surface area contributed by atoms with Gasteiger partial charge in [-0.2, -0.15) is 0 Å². The van der Waals surface area contributed by atoms with Gasteiger partial charge in [-0.3, -0.25) is 0 Å². The quantitative estimate of drug-likeness (QED) is 0.354. The highest BCUT2D eigenvalue weighted by atomic mass is 20.0. The number of hydrogen-bond donors (Lipinski definition) is 2. The molecule has 1 rings (SSSR count). The number of benzene rings is 1. The van der Waals surface area contributed by atoms with E-state index in [9.17, 15) is 14.4 Å². The van der Waals surface area contributed by atoms with E-state index in [4.69, 9.17) is 9.15 Å².